The molecular weight excluding hydrogens is 244 g/mol. The molecule has 0 unspecified atom stereocenters. The van der Waals surface area contributed by atoms with Gasteiger partial charge in [0.25, 0.3) is 0 Å². The van der Waals surface area contributed by atoms with Gasteiger partial charge in [0.1, 0.15) is 0 Å². The molecule has 2 rings (SSSR count). The fourth-order valence-electron chi connectivity index (χ4n) is 2.74. The highest BCUT2D eigenvalue weighted by molar-refractivity contribution is 5.73. The first-order valence-corrected chi connectivity index (χ1v) is 6.59. The molecule has 6 nitrogen and oxygen atoms in total. The molecule has 0 saturated carbocycles. The summed E-state index contributed by atoms with van der Waals surface area (Å²) in [6.07, 6.45) is 0. The van der Waals surface area contributed by atoms with Crippen LogP contribution in [-0.2, 0) is 18.4 Å². The molecule has 1 aliphatic heterocycles. The fourth-order valence-corrected chi connectivity index (χ4v) is 2.74. The van der Waals surface area contributed by atoms with E-state index in [0.717, 1.165) is 31.0 Å². The van der Waals surface area contributed by atoms with Crippen LogP contribution in [0, 0.1) is 12.8 Å². The van der Waals surface area contributed by atoms with E-state index < -0.39 is 0 Å². The van der Waals surface area contributed by atoms with Crippen LogP contribution in [0.15, 0.2) is 6.07 Å². The number of carbonyl (C=O) groups excluding carboxylic acids is 1. The van der Waals surface area contributed by atoms with E-state index in [0.29, 0.717) is 0 Å². The Kier molecular flexibility index (Phi) is 4.21. The summed E-state index contributed by atoms with van der Waals surface area (Å²) in [5.74, 6) is 0.0694. The number of hydrogen-bond donors (Lipinski definition) is 2. The lowest BCUT2D eigenvalue weighted by atomic mass is 10.1. The molecule has 1 aromatic rings. The smallest absolute Gasteiger partial charge is 0.217 e. The summed E-state index contributed by atoms with van der Waals surface area (Å²) in [4.78, 5) is 13.4. The number of nitrogens with zero attached hydrogens (tertiary/aromatic N) is 3. The van der Waals surface area contributed by atoms with Gasteiger partial charge in [-0.05, 0) is 13.0 Å². The largest absolute Gasteiger partial charge is 0.396 e. The van der Waals surface area contributed by atoms with Crippen molar-refractivity contribution in [3.05, 3.63) is 17.5 Å². The van der Waals surface area contributed by atoms with Gasteiger partial charge in [-0.3, -0.25) is 14.4 Å². The van der Waals surface area contributed by atoms with Crippen molar-refractivity contribution in [1.82, 2.24) is 20.0 Å². The van der Waals surface area contributed by atoms with Gasteiger partial charge < -0.3 is 10.4 Å². The summed E-state index contributed by atoms with van der Waals surface area (Å²) in [5.41, 5.74) is 2.16. The van der Waals surface area contributed by atoms with E-state index in [4.69, 9.17) is 0 Å². The molecule has 1 aliphatic rings. The van der Waals surface area contributed by atoms with Crippen molar-refractivity contribution in [2.75, 3.05) is 19.7 Å². The van der Waals surface area contributed by atoms with Crippen molar-refractivity contribution in [2.24, 2.45) is 13.0 Å². The summed E-state index contributed by atoms with van der Waals surface area (Å²) >= 11 is 0. The number of aryl methyl sites for hydroxylation is 2. The van der Waals surface area contributed by atoms with Crippen LogP contribution in [0.25, 0.3) is 0 Å². The summed E-state index contributed by atoms with van der Waals surface area (Å²) in [6, 6.07) is 2.11. The van der Waals surface area contributed by atoms with Crippen LogP contribution < -0.4 is 5.32 Å². The minimum absolute atomic E-state index is 0.0387. The third-order valence-corrected chi connectivity index (χ3v) is 3.62. The van der Waals surface area contributed by atoms with Gasteiger partial charge in [0.05, 0.1) is 11.4 Å². The second kappa shape index (κ2) is 5.71. The first-order chi connectivity index (χ1) is 8.99. The van der Waals surface area contributed by atoms with Gasteiger partial charge in [0.15, 0.2) is 0 Å². The Morgan fingerprint density at radius 1 is 1.58 bits per heavy atom. The number of nitrogens with one attached hydrogen (secondary N) is 1. The Balaban J connectivity index is 1.99. The zero-order valence-electron chi connectivity index (χ0n) is 11.8. The average Bonchev–Trinajstić information content (AvgIpc) is 2.82. The van der Waals surface area contributed by atoms with Crippen LogP contribution in [0.3, 0.4) is 0 Å². The molecule has 0 aliphatic carbocycles. The molecule has 0 bridgehead atoms. The SMILES string of the molecule is CC(=O)N[C@@H]1CN(Cc2cc(C)nn2C)C[C@H]1CO. The molecule has 19 heavy (non-hydrogen) atoms. The molecular formula is C13H22N4O2. The summed E-state index contributed by atoms with van der Waals surface area (Å²) in [7, 11) is 1.94. The first kappa shape index (κ1) is 14.0. The van der Waals surface area contributed by atoms with Crippen LogP contribution >= 0.6 is 0 Å². The molecule has 2 N–H and O–H groups in total. The van der Waals surface area contributed by atoms with Gasteiger partial charge in [-0.15, -0.1) is 0 Å². The van der Waals surface area contributed by atoms with E-state index in [1.165, 1.54) is 6.92 Å². The Morgan fingerprint density at radius 2 is 2.32 bits per heavy atom. The van der Waals surface area contributed by atoms with E-state index in [1.54, 1.807) is 0 Å². The Bertz CT molecular complexity index is 457. The molecule has 1 saturated heterocycles. The molecule has 2 heterocycles. The van der Waals surface area contributed by atoms with Crippen LogP contribution in [0.5, 0.6) is 0 Å². The zero-order valence-corrected chi connectivity index (χ0v) is 11.8. The van der Waals surface area contributed by atoms with Gasteiger partial charge in [0.2, 0.25) is 5.91 Å². The highest BCUT2D eigenvalue weighted by Gasteiger charge is 2.32. The highest BCUT2D eigenvalue weighted by Crippen LogP contribution is 2.19. The van der Waals surface area contributed by atoms with Crippen molar-refractivity contribution in [2.45, 2.75) is 26.4 Å². The van der Waals surface area contributed by atoms with Crippen LogP contribution in [0.4, 0.5) is 0 Å². The van der Waals surface area contributed by atoms with Crippen molar-refractivity contribution in [1.29, 1.82) is 0 Å². The van der Waals surface area contributed by atoms with Gasteiger partial charge in [-0.2, -0.15) is 5.10 Å². The van der Waals surface area contributed by atoms with Crippen LogP contribution in [0.2, 0.25) is 0 Å². The van der Waals surface area contributed by atoms with E-state index in [-0.39, 0.29) is 24.5 Å². The molecule has 6 heteroatoms. The molecule has 0 spiro atoms. The normalized spacial score (nSPS) is 23.8. The van der Waals surface area contributed by atoms with Crippen molar-refractivity contribution >= 4 is 5.91 Å². The zero-order chi connectivity index (χ0) is 14.0. The number of rotatable bonds is 4. The number of amides is 1. The molecule has 1 fully saturated rings. The van der Waals surface area contributed by atoms with Gasteiger partial charge >= 0.3 is 0 Å². The maximum Gasteiger partial charge on any atom is 0.217 e. The minimum Gasteiger partial charge on any atom is -0.396 e. The third kappa shape index (κ3) is 3.33. The monoisotopic (exact) mass is 266 g/mol. The minimum atomic E-state index is -0.0401. The maximum atomic E-state index is 11.2. The Morgan fingerprint density at radius 3 is 2.84 bits per heavy atom. The highest BCUT2D eigenvalue weighted by atomic mass is 16.3. The van der Waals surface area contributed by atoms with Crippen molar-refractivity contribution in [3.63, 3.8) is 0 Å². The lowest BCUT2D eigenvalue weighted by Crippen LogP contribution is -2.40. The van der Waals surface area contributed by atoms with Crippen molar-refractivity contribution in [3.8, 4) is 0 Å². The predicted molar refractivity (Wildman–Crippen MR) is 71.4 cm³/mol. The summed E-state index contributed by atoms with van der Waals surface area (Å²) < 4.78 is 1.88. The number of aliphatic hydroxyl groups excluding tert-OH is 1. The first-order valence-electron chi connectivity index (χ1n) is 6.59. The van der Waals surface area contributed by atoms with E-state index >= 15 is 0 Å². The summed E-state index contributed by atoms with van der Waals surface area (Å²) in [6.45, 7) is 5.96. The lowest BCUT2D eigenvalue weighted by molar-refractivity contribution is -0.119. The van der Waals surface area contributed by atoms with E-state index in [2.05, 4.69) is 21.4 Å². The van der Waals surface area contributed by atoms with Crippen LogP contribution in [0.1, 0.15) is 18.3 Å². The van der Waals surface area contributed by atoms with E-state index in [1.807, 2.05) is 18.7 Å². The molecule has 0 radical (unpaired) electrons. The lowest BCUT2D eigenvalue weighted by Gasteiger charge is -2.16. The van der Waals surface area contributed by atoms with Gasteiger partial charge in [0, 0.05) is 52.2 Å². The van der Waals surface area contributed by atoms with E-state index in [9.17, 15) is 9.90 Å². The molecule has 1 aromatic heterocycles. The second-order valence-electron chi connectivity index (χ2n) is 5.34. The predicted octanol–water partition coefficient (Wildman–Crippen LogP) is -0.343. The molecule has 1 amide bonds. The molecule has 0 aromatic carbocycles. The number of carbonyl (C=O) groups is 1. The quantitative estimate of drug-likeness (QED) is 0.782. The standard InChI is InChI=1S/C13H22N4O2/c1-9-4-12(16(3)15-9)6-17-5-11(8-18)13(7-17)14-10(2)19/h4,11,13,18H,5-8H2,1-3H3,(H,14,19)/t11-,13+/m0/s1. The Labute approximate surface area is 113 Å². The van der Waals surface area contributed by atoms with Crippen LogP contribution in [-0.4, -0.2) is 51.4 Å². The number of aliphatic hydroxyl groups is 1. The number of likely N-dealkylation sites (tertiary alicyclic amines) is 1. The average molecular weight is 266 g/mol. The topological polar surface area (TPSA) is 70.4 Å². The van der Waals surface area contributed by atoms with Gasteiger partial charge in [-0.1, -0.05) is 0 Å². The number of aromatic nitrogens is 2. The maximum absolute atomic E-state index is 11.2. The molecule has 2 atom stereocenters. The summed E-state index contributed by atoms with van der Waals surface area (Å²) in [5, 5.41) is 16.6. The second-order valence-corrected chi connectivity index (χ2v) is 5.34. The number of hydrogen-bond acceptors (Lipinski definition) is 4. The Hall–Kier alpha value is -1.40. The molecule has 106 valence electrons. The van der Waals surface area contributed by atoms with Crippen molar-refractivity contribution < 1.29 is 9.90 Å². The fraction of sp³-hybridized carbons (Fsp3) is 0.692. The van der Waals surface area contributed by atoms with Gasteiger partial charge in [-0.25, -0.2) is 0 Å². The third-order valence-electron chi connectivity index (χ3n) is 3.62.